The molecule has 3 heterocycles. The summed E-state index contributed by atoms with van der Waals surface area (Å²) in [6.07, 6.45) is 2.17. The second kappa shape index (κ2) is 8.64. The van der Waals surface area contributed by atoms with Crippen molar-refractivity contribution in [1.82, 2.24) is 14.9 Å². The molecule has 1 amide bonds. The van der Waals surface area contributed by atoms with Crippen LogP contribution in [-0.4, -0.2) is 52.9 Å². The predicted molar refractivity (Wildman–Crippen MR) is 126 cm³/mol. The molecule has 1 fully saturated rings. The average molecular weight is 447 g/mol. The van der Waals surface area contributed by atoms with Crippen LogP contribution in [0.15, 0.2) is 48.7 Å². The van der Waals surface area contributed by atoms with Crippen LogP contribution in [-0.2, 0) is 16.0 Å². The third-order valence-electron chi connectivity index (χ3n) is 5.39. The van der Waals surface area contributed by atoms with E-state index in [9.17, 15) is 9.59 Å². The summed E-state index contributed by atoms with van der Waals surface area (Å²) in [5.74, 6) is 0.626. The number of carbonyl (C=O) groups is 2. The highest BCUT2D eigenvalue weighted by Crippen LogP contribution is 2.32. The number of aromatic nitrogens is 2. The second-order valence-electron chi connectivity index (χ2n) is 7.83. The van der Waals surface area contributed by atoms with Crippen molar-refractivity contribution in [2.24, 2.45) is 0 Å². The summed E-state index contributed by atoms with van der Waals surface area (Å²) in [5.41, 5.74) is 2.57. The molecule has 1 N–H and O–H groups in total. The van der Waals surface area contributed by atoms with Crippen LogP contribution in [0, 0.1) is 0 Å². The predicted octanol–water partition coefficient (Wildman–Crippen LogP) is 4.19. The minimum absolute atomic E-state index is 0.0392. The number of hydrogen-bond donors (Lipinski definition) is 1. The Morgan fingerprint density at radius 2 is 2.00 bits per heavy atom. The zero-order valence-corrected chi connectivity index (χ0v) is 18.4. The Bertz CT molecular complexity index is 1330. The lowest BCUT2D eigenvalue weighted by Gasteiger charge is -2.26. The lowest BCUT2D eigenvalue weighted by Crippen LogP contribution is -2.40. The fourth-order valence-electron chi connectivity index (χ4n) is 3.87. The Morgan fingerprint density at radius 1 is 1.16 bits per heavy atom. The van der Waals surface area contributed by atoms with Crippen LogP contribution in [0.3, 0.4) is 0 Å². The van der Waals surface area contributed by atoms with Gasteiger partial charge in [0, 0.05) is 46.9 Å². The van der Waals surface area contributed by atoms with Crippen molar-refractivity contribution in [3.63, 3.8) is 0 Å². The molecule has 0 aliphatic carbocycles. The number of ketones is 1. The number of fused-ring (bicyclic) bond motifs is 3. The summed E-state index contributed by atoms with van der Waals surface area (Å²) in [6.45, 7) is 3.97. The number of ether oxygens (including phenoxy) is 1. The summed E-state index contributed by atoms with van der Waals surface area (Å²) < 4.78 is 6.38. The number of amides is 1. The minimum Gasteiger partial charge on any atom is -0.378 e. The van der Waals surface area contributed by atoms with Crippen molar-refractivity contribution < 1.29 is 14.3 Å². The number of thiophene rings is 1. The Labute approximate surface area is 189 Å². The number of carbonyl (C=O) groups excluding carboxylic acids is 2. The number of nitrogens with one attached hydrogen (secondary N) is 1. The highest BCUT2D eigenvalue weighted by molar-refractivity contribution is 7.21. The summed E-state index contributed by atoms with van der Waals surface area (Å²) in [7, 11) is 0. The molecular formula is C24H22N4O3S. The van der Waals surface area contributed by atoms with Gasteiger partial charge in [-0.3, -0.25) is 9.59 Å². The molecule has 4 aromatic rings. The quantitative estimate of drug-likeness (QED) is 0.495. The van der Waals surface area contributed by atoms with Gasteiger partial charge < -0.3 is 15.0 Å². The van der Waals surface area contributed by atoms with Crippen molar-refractivity contribution in [3.05, 3.63) is 59.1 Å². The molecule has 32 heavy (non-hydrogen) atoms. The molecule has 0 radical (unpaired) electrons. The van der Waals surface area contributed by atoms with Gasteiger partial charge in [-0.2, -0.15) is 0 Å². The minimum atomic E-state index is 0.0392. The van der Waals surface area contributed by atoms with Crippen LogP contribution < -0.4 is 5.32 Å². The van der Waals surface area contributed by atoms with Gasteiger partial charge in [-0.25, -0.2) is 9.97 Å². The van der Waals surface area contributed by atoms with Gasteiger partial charge in [-0.05, 0) is 42.8 Å². The second-order valence-corrected chi connectivity index (χ2v) is 8.91. The Kier molecular flexibility index (Phi) is 5.55. The largest absolute Gasteiger partial charge is 0.378 e. The fraction of sp³-hybridized carbons (Fsp3) is 0.250. The summed E-state index contributed by atoms with van der Waals surface area (Å²) >= 11 is 1.49. The normalized spacial score (nSPS) is 14.1. The molecule has 1 aliphatic heterocycles. The van der Waals surface area contributed by atoms with E-state index >= 15 is 0 Å². The monoisotopic (exact) mass is 446 g/mol. The molecule has 1 aliphatic rings. The Hall–Kier alpha value is -3.36. The smallest absolute Gasteiger partial charge is 0.264 e. The molecule has 0 bridgehead atoms. The molecule has 0 atom stereocenters. The summed E-state index contributed by atoms with van der Waals surface area (Å²) in [5, 5.41) is 5.09. The van der Waals surface area contributed by atoms with Crippen LogP contribution in [0.1, 0.15) is 22.2 Å². The maximum absolute atomic E-state index is 12.9. The van der Waals surface area contributed by atoms with E-state index in [1.165, 1.54) is 11.3 Å². The van der Waals surface area contributed by atoms with E-state index in [1.807, 2.05) is 47.4 Å². The SMILES string of the molecule is CC(=O)Cc1cccc(Nc2ncc3ccc4sc(C(=O)N5CCOCC5)cc4c3n2)c1. The molecule has 1 saturated heterocycles. The molecule has 7 nitrogen and oxygen atoms in total. The molecule has 0 spiro atoms. The topological polar surface area (TPSA) is 84.4 Å². The van der Waals surface area contributed by atoms with E-state index in [1.54, 1.807) is 13.1 Å². The van der Waals surface area contributed by atoms with Gasteiger partial charge in [0.15, 0.2) is 0 Å². The number of nitrogens with zero attached hydrogens (tertiary/aromatic N) is 3. The first kappa shape index (κ1) is 20.5. The van der Waals surface area contributed by atoms with E-state index in [2.05, 4.69) is 10.3 Å². The Morgan fingerprint density at radius 3 is 2.81 bits per heavy atom. The maximum Gasteiger partial charge on any atom is 0.264 e. The van der Waals surface area contributed by atoms with Crippen molar-refractivity contribution in [3.8, 4) is 0 Å². The number of morpholine rings is 1. The molecule has 5 rings (SSSR count). The van der Waals surface area contributed by atoms with Crippen molar-refractivity contribution in [2.45, 2.75) is 13.3 Å². The van der Waals surface area contributed by atoms with E-state index in [4.69, 9.17) is 9.72 Å². The van der Waals surface area contributed by atoms with Gasteiger partial charge in [0.25, 0.3) is 5.91 Å². The molecule has 8 heteroatoms. The highest BCUT2D eigenvalue weighted by Gasteiger charge is 2.21. The number of rotatable bonds is 5. The lowest BCUT2D eigenvalue weighted by molar-refractivity contribution is -0.116. The molecule has 162 valence electrons. The third-order valence-corrected chi connectivity index (χ3v) is 6.48. The molecule has 2 aromatic carbocycles. The average Bonchev–Trinajstić information content (AvgIpc) is 3.24. The van der Waals surface area contributed by atoms with Crippen LogP contribution in [0.4, 0.5) is 11.6 Å². The Balaban J connectivity index is 1.47. The summed E-state index contributed by atoms with van der Waals surface area (Å²) in [4.78, 5) is 36.1. The fourth-order valence-corrected chi connectivity index (χ4v) is 4.90. The van der Waals surface area contributed by atoms with Gasteiger partial charge in [-0.1, -0.05) is 12.1 Å². The third kappa shape index (κ3) is 4.19. The van der Waals surface area contributed by atoms with E-state index in [0.717, 1.165) is 32.2 Å². The molecule has 0 saturated carbocycles. The van der Waals surface area contributed by atoms with Crippen molar-refractivity contribution in [2.75, 3.05) is 31.6 Å². The summed E-state index contributed by atoms with van der Waals surface area (Å²) in [6, 6.07) is 13.6. The van der Waals surface area contributed by atoms with E-state index in [0.29, 0.717) is 43.5 Å². The number of anilines is 2. The first-order valence-corrected chi connectivity index (χ1v) is 11.3. The van der Waals surface area contributed by atoms with Crippen LogP contribution in [0.2, 0.25) is 0 Å². The molecular weight excluding hydrogens is 424 g/mol. The first-order chi connectivity index (χ1) is 15.6. The van der Waals surface area contributed by atoms with Gasteiger partial charge in [0.2, 0.25) is 5.95 Å². The zero-order valence-electron chi connectivity index (χ0n) is 17.6. The van der Waals surface area contributed by atoms with Crippen molar-refractivity contribution >= 4 is 55.7 Å². The first-order valence-electron chi connectivity index (χ1n) is 10.5. The van der Waals surface area contributed by atoms with Gasteiger partial charge in [-0.15, -0.1) is 11.3 Å². The van der Waals surface area contributed by atoms with Crippen molar-refractivity contribution in [1.29, 1.82) is 0 Å². The van der Waals surface area contributed by atoms with Crippen LogP contribution >= 0.6 is 11.3 Å². The maximum atomic E-state index is 12.9. The lowest BCUT2D eigenvalue weighted by atomic mass is 10.1. The molecule has 2 aromatic heterocycles. The standard InChI is InChI=1S/C24H22N4O3S/c1-15(29)11-16-3-2-4-18(12-16)26-24-25-14-17-5-6-20-19(22(17)27-24)13-21(32-20)23(30)28-7-9-31-10-8-28/h2-6,12-14H,7-11H2,1H3,(H,25,26,27). The van der Waals surface area contributed by atoms with Gasteiger partial charge >= 0.3 is 0 Å². The number of hydrogen-bond acceptors (Lipinski definition) is 7. The molecule has 0 unspecified atom stereocenters. The van der Waals surface area contributed by atoms with Crippen LogP contribution in [0.25, 0.3) is 21.0 Å². The highest BCUT2D eigenvalue weighted by atomic mass is 32.1. The van der Waals surface area contributed by atoms with E-state index in [-0.39, 0.29) is 11.7 Å². The van der Waals surface area contributed by atoms with Gasteiger partial charge in [0.1, 0.15) is 5.78 Å². The van der Waals surface area contributed by atoms with Crippen LogP contribution in [0.5, 0.6) is 0 Å². The number of benzene rings is 2. The van der Waals surface area contributed by atoms with Gasteiger partial charge in [0.05, 0.1) is 23.6 Å². The zero-order chi connectivity index (χ0) is 22.1. The van der Waals surface area contributed by atoms with E-state index < -0.39 is 0 Å². The number of Topliss-reactive ketones (excluding diaryl/α,β-unsaturated/α-hetero) is 1.